The summed E-state index contributed by atoms with van der Waals surface area (Å²) in [4.78, 5) is 2.59. The summed E-state index contributed by atoms with van der Waals surface area (Å²) >= 11 is 0. The zero-order valence-corrected chi connectivity index (χ0v) is 12.3. The van der Waals surface area contributed by atoms with Gasteiger partial charge in [0.2, 0.25) is 0 Å². The first-order valence-electron chi connectivity index (χ1n) is 7.69. The molecule has 3 atom stereocenters. The molecule has 19 heavy (non-hydrogen) atoms. The molecule has 0 aliphatic heterocycles. The van der Waals surface area contributed by atoms with Crippen LogP contribution in [0.1, 0.15) is 45.3 Å². The maximum absolute atomic E-state index is 5.69. The lowest BCUT2D eigenvalue weighted by Crippen LogP contribution is -2.44. The first-order chi connectivity index (χ1) is 9.22. The third-order valence-corrected chi connectivity index (χ3v) is 4.72. The molecule has 1 aromatic heterocycles. The van der Waals surface area contributed by atoms with Crippen molar-refractivity contribution in [3.63, 3.8) is 0 Å². The smallest absolute Gasteiger partial charge is 0.117 e. The highest BCUT2D eigenvalue weighted by atomic mass is 16.3. The van der Waals surface area contributed by atoms with E-state index in [1.54, 1.807) is 6.26 Å². The van der Waals surface area contributed by atoms with Crippen LogP contribution in [0.25, 0.3) is 0 Å². The largest absolute Gasteiger partial charge is 0.468 e. The number of hydrogen-bond donors (Lipinski definition) is 1. The van der Waals surface area contributed by atoms with E-state index >= 15 is 0 Å². The minimum absolute atomic E-state index is 0.681. The third-order valence-electron chi connectivity index (χ3n) is 4.72. The second-order valence-electron chi connectivity index (χ2n) is 6.03. The van der Waals surface area contributed by atoms with Crippen molar-refractivity contribution in [2.75, 3.05) is 13.1 Å². The summed E-state index contributed by atoms with van der Waals surface area (Å²) in [7, 11) is 0. The van der Waals surface area contributed by atoms with E-state index in [1.807, 2.05) is 6.07 Å². The second-order valence-corrected chi connectivity index (χ2v) is 6.03. The fourth-order valence-corrected chi connectivity index (χ4v) is 3.33. The number of nitrogens with zero attached hydrogens (tertiary/aromatic N) is 1. The number of hydrogen-bond acceptors (Lipinski definition) is 3. The van der Waals surface area contributed by atoms with Gasteiger partial charge in [-0.3, -0.25) is 4.90 Å². The highest BCUT2D eigenvalue weighted by Gasteiger charge is 2.31. The van der Waals surface area contributed by atoms with Crippen molar-refractivity contribution in [1.82, 2.24) is 4.90 Å². The lowest BCUT2D eigenvalue weighted by Gasteiger charge is -2.41. The van der Waals surface area contributed by atoms with Gasteiger partial charge in [-0.2, -0.15) is 0 Å². The molecule has 108 valence electrons. The molecule has 2 N–H and O–H groups in total. The SMILES string of the molecule is C[C@@H]1[C@@H](C)CCC[C@@H]1N(CCCN)Cc1ccco1. The molecule has 1 aromatic rings. The monoisotopic (exact) mass is 264 g/mol. The molecular weight excluding hydrogens is 236 g/mol. The Balaban J connectivity index is 2.02. The molecular formula is C16H28N2O. The van der Waals surface area contributed by atoms with Gasteiger partial charge in [0.25, 0.3) is 0 Å². The average Bonchev–Trinajstić information content (AvgIpc) is 2.91. The molecule has 0 radical (unpaired) electrons. The summed E-state index contributed by atoms with van der Waals surface area (Å²) < 4.78 is 5.52. The number of nitrogens with two attached hydrogens (primary N) is 1. The van der Waals surface area contributed by atoms with Crippen molar-refractivity contribution < 1.29 is 4.42 Å². The molecule has 2 rings (SSSR count). The van der Waals surface area contributed by atoms with E-state index in [-0.39, 0.29) is 0 Å². The zero-order chi connectivity index (χ0) is 13.7. The summed E-state index contributed by atoms with van der Waals surface area (Å²) in [6, 6.07) is 4.73. The van der Waals surface area contributed by atoms with E-state index in [4.69, 9.17) is 10.2 Å². The molecule has 1 heterocycles. The topological polar surface area (TPSA) is 42.4 Å². The van der Waals surface area contributed by atoms with Gasteiger partial charge in [0.05, 0.1) is 12.8 Å². The molecule has 1 aliphatic rings. The van der Waals surface area contributed by atoms with Crippen molar-refractivity contribution in [2.45, 2.75) is 52.1 Å². The summed E-state index contributed by atoms with van der Waals surface area (Å²) in [5.74, 6) is 2.67. The molecule has 0 bridgehead atoms. The second kappa shape index (κ2) is 7.11. The van der Waals surface area contributed by atoms with Crippen molar-refractivity contribution in [1.29, 1.82) is 0 Å². The first kappa shape index (κ1) is 14.6. The Morgan fingerprint density at radius 2 is 2.21 bits per heavy atom. The molecule has 0 aromatic carbocycles. The number of rotatable bonds is 6. The van der Waals surface area contributed by atoms with Crippen LogP contribution >= 0.6 is 0 Å². The quantitative estimate of drug-likeness (QED) is 0.857. The molecule has 3 nitrogen and oxygen atoms in total. The van der Waals surface area contributed by atoms with E-state index in [0.717, 1.165) is 43.7 Å². The van der Waals surface area contributed by atoms with Crippen LogP contribution in [0.4, 0.5) is 0 Å². The standard InChI is InChI=1S/C16H28N2O/c1-13-6-3-8-16(14(13)2)18(10-5-9-17)12-15-7-4-11-19-15/h4,7,11,13-14,16H,3,5-6,8-10,12,17H2,1-2H3/t13-,14+,16-/m0/s1. The van der Waals surface area contributed by atoms with Gasteiger partial charge in [0.15, 0.2) is 0 Å². The fourth-order valence-electron chi connectivity index (χ4n) is 3.33. The minimum atomic E-state index is 0.681. The third kappa shape index (κ3) is 3.83. The Bertz CT molecular complexity index is 350. The Hall–Kier alpha value is -0.800. The van der Waals surface area contributed by atoms with Crippen molar-refractivity contribution >= 4 is 0 Å². The van der Waals surface area contributed by atoms with Crippen LogP contribution < -0.4 is 5.73 Å². The van der Waals surface area contributed by atoms with Gasteiger partial charge >= 0.3 is 0 Å². The van der Waals surface area contributed by atoms with Gasteiger partial charge < -0.3 is 10.2 Å². The van der Waals surface area contributed by atoms with Gasteiger partial charge in [-0.05, 0) is 43.4 Å². The molecule has 1 aliphatic carbocycles. The Kier molecular flexibility index (Phi) is 5.46. The Morgan fingerprint density at radius 3 is 2.89 bits per heavy atom. The highest BCUT2D eigenvalue weighted by Crippen LogP contribution is 2.33. The van der Waals surface area contributed by atoms with Crippen LogP contribution in [0, 0.1) is 11.8 Å². The molecule has 1 saturated carbocycles. The van der Waals surface area contributed by atoms with E-state index in [9.17, 15) is 0 Å². The predicted molar refractivity (Wildman–Crippen MR) is 78.8 cm³/mol. The van der Waals surface area contributed by atoms with Gasteiger partial charge in [-0.1, -0.05) is 26.7 Å². The van der Waals surface area contributed by atoms with Gasteiger partial charge in [-0.15, -0.1) is 0 Å². The highest BCUT2D eigenvalue weighted by molar-refractivity contribution is 4.99. The lowest BCUT2D eigenvalue weighted by molar-refractivity contribution is 0.0690. The van der Waals surface area contributed by atoms with E-state index in [2.05, 4.69) is 24.8 Å². The minimum Gasteiger partial charge on any atom is -0.468 e. The molecule has 0 spiro atoms. The molecule has 0 saturated heterocycles. The van der Waals surface area contributed by atoms with Crippen molar-refractivity contribution in [2.24, 2.45) is 17.6 Å². The first-order valence-corrected chi connectivity index (χ1v) is 7.69. The lowest BCUT2D eigenvalue weighted by atomic mass is 9.77. The molecule has 1 fully saturated rings. The van der Waals surface area contributed by atoms with Crippen LogP contribution in [-0.2, 0) is 6.54 Å². The van der Waals surface area contributed by atoms with Gasteiger partial charge in [-0.25, -0.2) is 0 Å². The zero-order valence-electron chi connectivity index (χ0n) is 12.3. The summed E-state index contributed by atoms with van der Waals surface area (Å²) in [6.45, 7) is 7.58. The van der Waals surface area contributed by atoms with Crippen LogP contribution in [0.5, 0.6) is 0 Å². The fraction of sp³-hybridized carbons (Fsp3) is 0.750. The van der Waals surface area contributed by atoms with E-state index < -0.39 is 0 Å². The summed E-state index contributed by atoms with van der Waals surface area (Å²) in [6.07, 6.45) is 6.88. The normalized spacial score (nSPS) is 27.9. The molecule has 3 heteroatoms. The molecule has 0 amide bonds. The molecule has 0 unspecified atom stereocenters. The van der Waals surface area contributed by atoms with Crippen LogP contribution in [0.3, 0.4) is 0 Å². The van der Waals surface area contributed by atoms with E-state index in [1.165, 1.54) is 19.3 Å². The Morgan fingerprint density at radius 1 is 1.37 bits per heavy atom. The summed E-state index contributed by atoms with van der Waals surface area (Å²) in [5.41, 5.74) is 5.69. The van der Waals surface area contributed by atoms with Gasteiger partial charge in [0.1, 0.15) is 5.76 Å². The van der Waals surface area contributed by atoms with E-state index in [0.29, 0.717) is 6.04 Å². The Labute approximate surface area is 117 Å². The van der Waals surface area contributed by atoms with Crippen molar-refractivity contribution in [3.8, 4) is 0 Å². The number of furan rings is 1. The summed E-state index contributed by atoms with van der Waals surface area (Å²) in [5, 5.41) is 0. The maximum atomic E-state index is 5.69. The van der Waals surface area contributed by atoms with Gasteiger partial charge in [0, 0.05) is 12.6 Å². The van der Waals surface area contributed by atoms with Crippen LogP contribution in [0.15, 0.2) is 22.8 Å². The average molecular weight is 264 g/mol. The van der Waals surface area contributed by atoms with Crippen LogP contribution in [-0.4, -0.2) is 24.0 Å². The van der Waals surface area contributed by atoms with Crippen LogP contribution in [0.2, 0.25) is 0 Å². The maximum Gasteiger partial charge on any atom is 0.117 e. The van der Waals surface area contributed by atoms with Crippen molar-refractivity contribution in [3.05, 3.63) is 24.2 Å². The predicted octanol–water partition coefficient (Wildman–Crippen LogP) is 3.26.